The highest BCUT2D eigenvalue weighted by atomic mass is 16.5. The molecule has 2 N–H and O–H groups in total. The van der Waals surface area contributed by atoms with Gasteiger partial charge in [-0.15, -0.1) is 0 Å². The summed E-state index contributed by atoms with van der Waals surface area (Å²) in [5, 5.41) is 12.5. The molecule has 1 amide bonds. The molecule has 5 heteroatoms. The van der Waals surface area contributed by atoms with Gasteiger partial charge in [0.1, 0.15) is 0 Å². The van der Waals surface area contributed by atoms with Crippen molar-refractivity contribution in [3.8, 4) is 11.5 Å². The Balaban J connectivity index is 1.75. The van der Waals surface area contributed by atoms with Crippen molar-refractivity contribution in [2.24, 2.45) is 5.92 Å². The van der Waals surface area contributed by atoms with E-state index in [1.165, 1.54) is 13.2 Å². The number of phenolic OH excluding ortho intramolecular Hbond substituents is 1. The van der Waals surface area contributed by atoms with Crippen LogP contribution in [0, 0.1) is 5.92 Å². The summed E-state index contributed by atoms with van der Waals surface area (Å²) in [4.78, 5) is 11.9. The molecule has 110 valence electrons. The molecule has 1 heterocycles. The standard InChI is InChI=1S/C15H21NO4/c1-19-14-5-4-12(9-13(14)17)15(18)16-7-2-3-11-6-8-20-10-11/h4-5,9,11,17H,2-3,6-8,10H2,1H3,(H,16,18). The SMILES string of the molecule is COc1ccc(C(=O)NCCCC2CCOC2)cc1O. The zero-order valence-electron chi connectivity index (χ0n) is 11.7. The number of hydrogen-bond acceptors (Lipinski definition) is 4. The minimum atomic E-state index is -0.175. The number of aromatic hydroxyl groups is 1. The van der Waals surface area contributed by atoms with Crippen molar-refractivity contribution < 1.29 is 19.4 Å². The number of carbonyl (C=O) groups is 1. The van der Waals surface area contributed by atoms with Crippen LogP contribution in [0.15, 0.2) is 18.2 Å². The van der Waals surface area contributed by atoms with Gasteiger partial charge in [-0.3, -0.25) is 4.79 Å². The summed E-state index contributed by atoms with van der Waals surface area (Å²) in [6.45, 7) is 2.35. The molecule has 0 saturated carbocycles. The Bertz CT molecular complexity index is 455. The van der Waals surface area contributed by atoms with E-state index in [0.29, 0.717) is 23.8 Å². The van der Waals surface area contributed by atoms with Crippen molar-refractivity contribution in [1.82, 2.24) is 5.32 Å². The molecule has 1 saturated heterocycles. The number of hydrogen-bond donors (Lipinski definition) is 2. The summed E-state index contributed by atoms with van der Waals surface area (Å²) in [7, 11) is 1.47. The fraction of sp³-hybridized carbons (Fsp3) is 0.533. The summed E-state index contributed by atoms with van der Waals surface area (Å²) in [6, 6.07) is 4.64. The van der Waals surface area contributed by atoms with Gasteiger partial charge in [-0.1, -0.05) is 0 Å². The summed E-state index contributed by atoms with van der Waals surface area (Å²) in [5.74, 6) is 0.800. The highest BCUT2D eigenvalue weighted by Crippen LogP contribution is 2.26. The fourth-order valence-electron chi connectivity index (χ4n) is 2.34. The van der Waals surface area contributed by atoms with Crippen LogP contribution in [0.4, 0.5) is 0 Å². The van der Waals surface area contributed by atoms with Crippen LogP contribution in [-0.4, -0.2) is 37.9 Å². The molecule has 5 nitrogen and oxygen atoms in total. The summed E-state index contributed by atoms with van der Waals surface area (Å²) >= 11 is 0. The van der Waals surface area contributed by atoms with Crippen molar-refractivity contribution in [3.63, 3.8) is 0 Å². The van der Waals surface area contributed by atoms with Crippen LogP contribution in [-0.2, 0) is 4.74 Å². The van der Waals surface area contributed by atoms with Gasteiger partial charge in [-0.2, -0.15) is 0 Å². The van der Waals surface area contributed by atoms with Gasteiger partial charge in [0.05, 0.1) is 7.11 Å². The smallest absolute Gasteiger partial charge is 0.251 e. The second-order valence-electron chi connectivity index (χ2n) is 5.01. The van der Waals surface area contributed by atoms with Gasteiger partial charge in [-0.25, -0.2) is 0 Å². The highest BCUT2D eigenvalue weighted by molar-refractivity contribution is 5.94. The van der Waals surface area contributed by atoms with E-state index in [1.54, 1.807) is 12.1 Å². The maximum Gasteiger partial charge on any atom is 0.251 e. The molecule has 1 aromatic carbocycles. The molecule has 0 spiro atoms. The lowest BCUT2D eigenvalue weighted by atomic mass is 10.0. The lowest BCUT2D eigenvalue weighted by molar-refractivity contribution is 0.0952. The number of ether oxygens (including phenoxy) is 2. The van der Waals surface area contributed by atoms with Crippen molar-refractivity contribution in [3.05, 3.63) is 23.8 Å². The predicted molar refractivity (Wildman–Crippen MR) is 75.2 cm³/mol. The number of phenols is 1. The van der Waals surface area contributed by atoms with Crippen LogP contribution in [0.2, 0.25) is 0 Å². The molecule has 1 atom stereocenters. The Hall–Kier alpha value is -1.75. The van der Waals surface area contributed by atoms with Gasteiger partial charge in [-0.05, 0) is 43.4 Å². The van der Waals surface area contributed by atoms with Crippen molar-refractivity contribution >= 4 is 5.91 Å². The summed E-state index contributed by atoms with van der Waals surface area (Å²) in [5.41, 5.74) is 0.437. The van der Waals surface area contributed by atoms with E-state index in [4.69, 9.17) is 9.47 Å². The molecule has 0 radical (unpaired) electrons. The molecule has 0 aliphatic carbocycles. The number of nitrogens with one attached hydrogen (secondary N) is 1. The molecule has 1 fully saturated rings. The molecule has 2 rings (SSSR count). The normalized spacial score (nSPS) is 17.9. The number of methoxy groups -OCH3 is 1. The van der Waals surface area contributed by atoms with E-state index in [2.05, 4.69) is 5.32 Å². The first kappa shape index (κ1) is 14.7. The third-order valence-corrected chi connectivity index (χ3v) is 3.54. The van der Waals surface area contributed by atoms with E-state index in [-0.39, 0.29) is 11.7 Å². The number of rotatable bonds is 6. The van der Waals surface area contributed by atoms with E-state index >= 15 is 0 Å². The van der Waals surface area contributed by atoms with E-state index < -0.39 is 0 Å². The minimum absolute atomic E-state index is 0.0248. The molecule has 1 aliphatic rings. The molecule has 0 aromatic heterocycles. The van der Waals surface area contributed by atoms with Gasteiger partial charge < -0.3 is 19.9 Å². The molecular formula is C15H21NO4. The van der Waals surface area contributed by atoms with Gasteiger partial charge in [0.15, 0.2) is 11.5 Å². The average molecular weight is 279 g/mol. The first-order chi connectivity index (χ1) is 9.70. The molecule has 20 heavy (non-hydrogen) atoms. The number of benzene rings is 1. The quantitative estimate of drug-likeness (QED) is 0.781. The zero-order valence-corrected chi connectivity index (χ0v) is 11.7. The summed E-state index contributed by atoms with van der Waals surface area (Å²) in [6.07, 6.45) is 3.15. The Morgan fingerprint density at radius 1 is 1.55 bits per heavy atom. The lowest BCUT2D eigenvalue weighted by Crippen LogP contribution is -2.24. The highest BCUT2D eigenvalue weighted by Gasteiger charge is 2.15. The largest absolute Gasteiger partial charge is 0.504 e. The second-order valence-corrected chi connectivity index (χ2v) is 5.01. The molecule has 0 bridgehead atoms. The van der Waals surface area contributed by atoms with Crippen LogP contribution in [0.5, 0.6) is 11.5 Å². The topological polar surface area (TPSA) is 67.8 Å². The first-order valence-corrected chi connectivity index (χ1v) is 6.93. The lowest BCUT2D eigenvalue weighted by Gasteiger charge is -2.09. The van der Waals surface area contributed by atoms with Gasteiger partial charge >= 0.3 is 0 Å². The summed E-state index contributed by atoms with van der Waals surface area (Å²) < 4.78 is 10.3. The maximum absolute atomic E-state index is 11.9. The van der Waals surface area contributed by atoms with Crippen LogP contribution >= 0.6 is 0 Å². The third-order valence-electron chi connectivity index (χ3n) is 3.54. The van der Waals surface area contributed by atoms with Crippen LogP contribution < -0.4 is 10.1 Å². The van der Waals surface area contributed by atoms with E-state index in [9.17, 15) is 9.90 Å². The van der Waals surface area contributed by atoms with Crippen molar-refractivity contribution in [2.45, 2.75) is 19.3 Å². The van der Waals surface area contributed by atoms with Crippen molar-refractivity contribution in [2.75, 3.05) is 26.9 Å². The zero-order chi connectivity index (χ0) is 14.4. The number of carbonyl (C=O) groups excluding carboxylic acids is 1. The monoisotopic (exact) mass is 279 g/mol. The van der Waals surface area contributed by atoms with Crippen LogP contribution in [0.25, 0.3) is 0 Å². The van der Waals surface area contributed by atoms with Gasteiger partial charge in [0, 0.05) is 25.3 Å². The molecule has 1 unspecified atom stereocenters. The van der Waals surface area contributed by atoms with E-state index in [0.717, 1.165) is 32.5 Å². The average Bonchev–Trinajstić information content (AvgIpc) is 2.96. The minimum Gasteiger partial charge on any atom is -0.504 e. The van der Waals surface area contributed by atoms with Gasteiger partial charge in [0.25, 0.3) is 5.91 Å². The Morgan fingerprint density at radius 3 is 3.05 bits per heavy atom. The fourth-order valence-corrected chi connectivity index (χ4v) is 2.34. The van der Waals surface area contributed by atoms with Gasteiger partial charge in [0.2, 0.25) is 0 Å². The van der Waals surface area contributed by atoms with E-state index in [1.807, 2.05) is 0 Å². The number of amides is 1. The van der Waals surface area contributed by atoms with Crippen LogP contribution in [0.1, 0.15) is 29.6 Å². The Labute approximate surface area is 118 Å². The second kappa shape index (κ2) is 7.14. The Kier molecular flexibility index (Phi) is 5.24. The van der Waals surface area contributed by atoms with Crippen LogP contribution in [0.3, 0.4) is 0 Å². The van der Waals surface area contributed by atoms with Crippen molar-refractivity contribution in [1.29, 1.82) is 0 Å². The third kappa shape index (κ3) is 3.87. The molecule has 1 aromatic rings. The first-order valence-electron chi connectivity index (χ1n) is 6.93. The molecular weight excluding hydrogens is 258 g/mol. The Morgan fingerprint density at radius 2 is 2.40 bits per heavy atom. The molecule has 1 aliphatic heterocycles. The maximum atomic E-state index is 11.9. The predicted octanol–water partition coefficient (Wildman–Crippen LogP) is 1.95.